The first kappa shape index (κ1) is 20.0. The summed E-state index contributed by atoms with van der Waals surface area (Å²) in [5.74, 6) is 0.0399. The topological polar surface area (TPSA) is 72.3 Å². The van der Waals surface area contributed by atoms with E-state index in [1.807, 2.05) is 13.8 Å². The highest BCUT2D eigenvalue weighted by Crippen LogP contribution is 2.29. The molecule has 0 radical (unpaired) electrons. The second-order valence-corrected chi connectivity index (χ2v) is 6.30. The fraction of sp³-hybridized carbons (Fsp3) is 0.588. The molecular formula is C17H22F3N5O. The standard InChI is InChI=1S/C17H22F3N5O/c1-3-12(2)25(11-16(26)24-8-4-5-14(24)9-21)23-15-7-6-13(10-22-15)17(18,19)20/h6-7,10,12,14H,3-5,8,11H2,1-2H3,(H,22,23)/t12-,14?/m0/s1. The number of alkyl halides is 3. The molecule has 6 nitrogen and oxygen atoms in total. The number of nitrogens with zero attached hydrogens (tertiary/aromatic N) is 4. The third kappa shape index (κ3) is 4.85. The average Bonchev–Trinajstić information content (AvgIpc) is 3.09. The first-order valence-electron chi connectivity index (χ1n) is 8.52. The van der Waals surface area contributed by atoms with Crippen molar-refractivity contribution in [1.82, 2.24) is 14.9 Å². The maximum atomic E-state index is 12.6. The summed E-state index contributed by atoms with van der Waals surface area (Å²) in [7, 11) is 0. The number of nitriles is 1. The third-order valence-electron chi connectivity index (χ3n) is 4.50. The Labute approximate surface area is 150 Å². The molecule has 0 aliphatic carbocycles. The van der Waals surface area contributed by atoms with E-state index in [1.165, 1.54) is 6.07 Å². The summed E-state index contributed by atoms with van der Waals surface area (Å²) in [6, 6.07) is 3.84. The largest absolute Gasteiger partial charge is 0.417 e. The minimum Gasteiger partial charge on any atom is -0.325 e. The molecule has 2 heterocycles. The van der Waals surface area contributed by atoms with Crippen LogP contribution in [0.5, 0.6) is 0 Å². The lowest BCUT2D eigenvalue weighted by atomic mass is 10.2. The molecule has 26 heavy (non-hydrogen) atoms. The Balaban J connectivity index is 2.08. The number of halogens is 3. The first-order valence-corrected chi connectivity index (χ1v) is 8.52. The zero-order chi connectivity index (χ0) is 19.3. The van der Waals surface area contributed by atoms with Crippen LogP contribution in [0.25, 0.3) is 0 Å². The van der Waals surface area contributed by atoms with E-state index in [4.69, 9.17) is 5.26 Å². The van der Waals surface area contributed by atoms with Crippen molar-refractivity contribution in [2.75, 3.05) is 18.5 Å². The van der Waals surface area contributed by atoms with Crippen molar-refractivity contribution in [2.24, 2.45) is 0 Å². The number of amides is 1. The SMILES string of the molecule is CC[C@H](C)N(CC(=O)N1CCCC1C#N)Nc1ccc(C(F)(F)F)cn1. The van der Waals surface area contributed by atoms with Crippen LogP contribution < -0.4 is 5.43 Å². The van der Waals surface area contributed by atoms with Crippen molar-refractivity contribution in [3.05, 3.63) is 23.9 Å². The molecule has 2 atom stereocenters. The van der Waals surface area contributed by atoms with E-state index >= 15 is 0 Å². The monoisotopic (exact) mass is 369 g/mol. The molecule has 0 bridgehead atoms. The molecule has 1 amide bonds. The molecule has 9 heteroatoms. The third-order valence-corrected chi connectivity index (χ3v) is 4.50. The van der Waals surface area contributed by atoms with Gasteiger partial charge in [0, 0.05) is 18.8 Å². The minimum absolute atomic E-state index is 0.00981. The van der Waals surface area contributed by atoms with Crippen LogP contribution in [0.15, 0.2) is 18.3 Å². The van der Waals surface area contributed by atoms with Gasteiger partial charge in [-0.25, -0.2) is 9.99 Å². The van der Waals surface area contributed by atoms with Gasteiger partial charge in [-0.05, 0) is 38.3 Å². The number of nitrogens with one attached hydrogen (secondary N) is 1. The van der Waals surface area contributed by atoms with Gasteiger partial charge in [-0.15, -0.1) is 0 Å². The Morgan fingerprint density at radius 3 is 2.81 bits per heavy atom. The molecule has 2 rings (SSSR count). The van der Waals surface area contributed by atoms with Gasteiger partial charge in [-0.2, -0.15) is 18.4 Å². The average molecular weight is 369 g/mol. The molecular weight excluding hydrogens is 347 g/mol. The number of likely N-dealkylation sites (tertiary alicyclic amines) is 1. The lowest BCUT2D eigenvalue weighted by Gasteiger charge is -2.31. The van der Waals surface area contributed by atoms with E-state index in [0.29, 0.717) is 13.0 Å². The Morgan fingerprint density at radius 1 is 1.54 bits per heavy atom. The fourth-order valence-electron chi connectivity index (χ4n) is 2.74. The summed E-state index contributed by atoms with van der Waals surface area (Å²) in [6.45, 7) is 4.40. The lowest BCUT2D eigenvalue weighted by molar-refractivity contribution is -0.137. The lowest BCUT2D eigenvalue weighted by Crippen LogP contribution is -2.47. The number of carbonyl (C=O) groups is 1. The number of aromatic nitrogens is 1. The normalized spacial score (nSPS) is 18.7. The highest BCUT2D eigenvalue weighted by molar-refractivity contribution is 5.79. The molecule has 142 valence electrons. The van der Waals surface area contributed by atoms with Gasteiger partial charge in [-0.3, -0.25) is 4.79 Å². The van der Waals surface area contributed by atoms with Gasteiger partial charge < -0.3 is 10.3 Å². The molecule has 1 saturated heterocycles. The summed E-state index contributed by atoms with van der Waals surface area (Å²) in [5.41, 5.74) is 2.09. The van der Waals surface area contributed by atoms with Gasteiger partial charge >= 0.3 is 6.18 Å². The maximum Gasteiger partial charge on any atom is 0.417 e. The van der Waals surface area contributed by atoms with Crippen molar-refractivity contribution in [3.63, 3.8) is 0 Å². The smallest absolute Gasteiger partial charge is 0.325 e. The first-order chi connectivity index (χ1) is 12.3. The number of rotatable bonds is 6. The molecule has 0 saturated carbocycles. The molecule has 1 fully saturated rings. The predicted octanol–water partition coefficient (Wildman–Crippen LogP) is 3.04. The highest BCUT2D eigenvalue weighted by Gasteiger charge is 2.32. The van der Waals surface area contributed by atoms with Crippen LogP contribution in [0, 0.1) is 11.3 Å². The molecule has 1 aliphatic rings. The number of anilines is 1. The highest BCUT2D eigenvalue weighted by atomic mass is 19.4. The second kappa shape index (κ2) is 8.36. The minimum atomic E-state index is -4.44. The Bertz CT molecular complexity index is 656. The summed E-state index contributed by atoms with van der Waals surface area (Å²) >= 11 is 0. The Kier molecular flexibility index (Phi) is 6.42. The Hall–Kier alpha value is -2.34. The van der Waals surface area contributed by atoms with E-state index in [-0.39, 0.29) is 24.3 Å². The fourth-order valence-corrected chi connectivity index (χ4v) is 2.74. The van der Waals surface area contributed by atoms with Crippen molar-refractivity contribution in [3.8, 4) is 6.07 Å². The van der Waals surface area contributed by atoms with Crippen LogP contribution >= 0.6 is 0 Å². The van der Waals surface area contributed by atoms with Gasteiger partial charge in [0.2, 0.25) is 5.91 Å². The summed E-state index contributed by atoms with van der Waals surface area (Å²) in [4.78, 5) is 17.9. The molecule has 1 aromatic rings. The van der Waals surface area contributed by atoms with Gasteiger partial charge in [0.05, 0.1) is 18.2 Å². The molecule has 1 aromatic heterocycles. The molecule has 1 N–H and O–H groups in total. The summed E-state index contributed by atoms with van der Waals surface area (Å²) in [6.07, 6.45) is -1.51. The molecule has 1 aliphatic heterocycles. The van der Waals surface area contributed by atoms with E-state index < -0.39 is 17.8 Å². The summed E-state index contributed by atoms with van der Waals surface area (Å²) in [5, 5.41) is 10.8. The zero-order valence-corrected chi connectivity index (χ0v) is 14.8. The van der Waals surface area contributed by atoms with E-state index in [9.17, 15) is 18.0 Å². The molecule has 0 aromatic carbocycles. The van der Waals surface area contributed by atoms with Gasteiger partial charge in [0.1, 0.15) is 11.9 Å². The van der Waals surface area contributed by atoms with Crippen molar-refractivity contribution in [2.45, 2.75) is 51.4 Å². The molecule has 1 unspecified atom stereocenters. The van der Waals surface area contributed by atoms with E-state index in [2.05, 4.69) is 16.5 Å². The van der Waals surface area contributed by atoms with Crippen molar-refractivity contribution >= 4 is 11.7 Å². The maximum absolute atomic E-state index is 12.6. The quantitative estimate of drug-likeness (QED) is 0.781. The number of pyridine rings is 1. The molecule has 0 spiro atoms. The van der Waals surface area contributed by atoms with Crippen LogP contribution in [0.2, 0.25) is 0 Å². The predicted molar refractivity (Wildman–Crippen MR) is 89.7 cm³/mol. The van der Waals surface area contributed by atoms with Crippen LogP contribution in [0.1, 0.15) is 38.7 Å². The van der Waals surface area contributed by atoms with Crippen LogP contribution in [-0.4, -0.2) is 46.0 Å². The number of carbonyl (C=O) groups excluding carboxylic acids is 1. The van der Waals surface area contributed by atoms with Crippen LogP contribution in [-0.2, 0) is 11.0 Å². The van der Waals surface area contributed by atoms with Crippen molar-refractivity contribution < 1.29 is 18.0 Å². The van der Waals surface area contributed by atoms with Gasteiger partial charge in [0.15, 0.2) is 0 Å². The number of hydrogen-bond acceptors (Lipinski definition) is 5. The van der Waals surface area contributed by atoms with E-state index in [1.54, 1.807) is 9.91 Å². The van der Waals surface area contributed by atoms with Crippen LogP contribution in [0.3, 0.4) is 0 Å². The Morgan fingerprint density at radius 2 is 2.27 bits per heavy atom. The van der Waals surface area contributed by atoms with Crippen molar-refractivity contribution in [1.29, 1.82) is 5.26 Å². The van der Waals surface area contributed by atoms with E-state index in [0.717, 1.165) is 25.1 Å². The van der Waals surface area contributed by atoms with Gasteiger partial charge in [0.25, 0.3) is 0 Å². The van der Waals surface area contributed by atoms with Gasteiger partial charge in [-0.1, -0.05) is 6.92 Å². The second-order valence-electron chi connectivity index (χ2n) is 6.30. The number of hydrazine groups is 1. The summed E-state index contributed by atoms with van der Waals surface area (Å²) < 4.78 is 37.9. The zero-order valence-electron chi connectivity index (χ0n) is 14.8. The number of hydrogen-bond donors (Lipinski definition) is 1. The van der Waals surface area contributed by atoms with Crippen LogP contribution in [0.4, 0.5) is 19.0 Å².